The summed E-state index contributed by atoms with van der Waals surface area (Å²) in [6.07, 6.45) is 0.827. The average molecular weight is 288 g/mol. The Balaban J connectivity index is 2.29. The van der Waals surface area contributed by atoms with Crippen LogP contribution >= 0.6 is 11.8 Å². The van der Waals surface area contributed by atoms with Gasteiger partial charge in [-0.3, -0.25) is 0 Å². The van der Waals surface area contributed by atoms with Crippen molar-refractivity contribution in [3.63, 3.8) is 0 Å². The van der Waals surface area contributed by atoms with Crippen LogP contribution in [0.3, 0.4) is 0 Å². The Labute approximate surface area is 122 Å². The molecule has 2 rings (SSSR count). The molecule has 0 saturated carbocycles. The number of aromatic carboxylic acids is 1. The van der Waals surface area contributed by atoms with Crippen LogP contribution in [0.5, 0.6) is 5.75 Å². The third-order valence-corrected chi connectivity index (χ3v) is 4.05. The maximum atomic E-state index is 11.3. The van der Waals surface area contributed by atoms with E-state index in [9.17, 15) is 9.90 Å². The third kappa shape index (κ3) is 3.33. The minimum Gasteiger partial charge on any atom is -0.497 e. The first-order valence-electron chi connectivity index (χ1n) is 6.32. The minimum atomic E-state index is -0.892. The van der Waals surface area contributed by atoms with Crippen LogP contribution in [0.15, 0.2) is 52.3 Å². The van der Waals surface area contributed by atoms with Gasteiger partial charge in [0.1, 0.15) is 5.75 Å². The summed E-state index contributed by atoms with van der Waals surface area (Å²) in [5.74, 6) is -0.106. The van der Waals surface area contributed by atoms with Crippen molar-refractivity contribution in [3.05, 3.63) is 53.6 Å². The fourth-order valence-corrected chi connectivity index (χ4v) is 2.74. The molecule has 104 valence electrons. The molecule has 4 heteroatoms. The van der Waals surface area contributed by atoms with E-state index in [2.05, 4.69) is 0 Å². The molecule has 0 saturated heterocycles. The molecule has 0 aliphatic rings. The molecule has 1 N–H and O–H groups in total. The molecule has 0 amide bonds. The molecule has 0 radical (unpaired) electrons. The largest absolute Gasteiger partial charge is 0.497 e. The predicted molar refractivity (Wildman–Crippen MR) is 79.9 cm³/mol. The maximum absolute atomic E-state index is 11.3. The highest BCUT2D eigenvalue weighted by atomic mass is 32.2. The standard InChI is InChI=1S/C16H16O3S/c1-3-11-4-9-15(14(10-11)16(17)18)20-13-7-5-12(19-2)6-8-13/h4-10H,3H2,1-2H3,(H,17,18). The van der Waals surface area contributed by atoms with Crippen LogP contribution in [-0.4, -0.2) is 18.2 Å². The molecule has 0 fully saturated rings. The lowest BCUT2D eigenvalue weighted by Gasteiger charge is -2.08. The van der Waals surface area contributed by atoms with Crippen molar-refractivity contribution < 1.29 is 14.6 Å². The van der Waals surface area contributed by atoms with Crippen molar-refractivity contribution >= 4 is 17.7 Å². The van der Waals surface area contributed by atoms with Gasteiger partial charge in [0.05, 0.1) is 12.7 Å². The highest BCUT2D eigenvalue weighted by molar-refractivity contribution is 7.99. The van der Waals surface area contributed by atoms with Gasteiger partial charge in [0.15, 0.2) is 0 Å². The van der Waals surface area contributed by atoms with Gasteiger partial charge in [0.25, 0.3) is 0 Å². The lowest BCUT2D eigenvalue weighted by atomic mass is 10.1. The monoisotopic (exact) mass is 288 g/mol. The van der Waals surface area contributed by atoms with Gasteiger partial charge in [0, 0.05) is 9.79 Å². The van der Waals surface area contributed by atoms with Crippen molar-refractivity contribution in [1.82, 2.24) is 0 Å². The van der Waals surface area contributed by atoms with Crippen LogP contribution in [0.4, 0.5) is 0 Å². The fraction of sp³-hybridized carbons (Fsp3) is 0.188. The molecule has 0 aromatic heterocycles. The summed E-state index contributed by atoms with van der Waals surface area (Å²) in [6, 6.07) is 13.2. The molecule has 0 aliphatic carbocycles. The highest BCUT2D eigenvalue weighted by Gasteiger charge is 2.12. The Morgan fingerprint density at radius 2 is 1.90 bits per heavy atom. The quantitative estimate of drug-likeness (QED) is 0.899. The molecule has 0 spiro atoms. The van der Waals surface area contributed by atoms with Gasteiger partial charge in [-0.25, -0.2) is 4.79 Å². The molecule has 0 aliphatic heterocycles. The molecular weight excluding hydrogens is 272 g/mol. The Bertz CT molecular complexity index is 606. The van der Waals surface area contributed by atoms with Crippen LogP contribution in [0.25, 0.3) is 0 Å². The lowest BCUT2D eigenvalue weighted by Crippen LogP contribution is -2.00. The zero-order valence-electron chi connectivity index (χ0n) is 11.4. The Morgan fingerprint density at radius 3 is 2.45 bits per heavy atom. The Morgan fingerprint density at radius 1 is 1.20 bits per heavy atom. The summed E-state index contributed by atoms with van der Waals surface area (Å²) in [6.45, 7) is 2.01. The highest BCUT2D eigenvalue weighted by Crippen LogP contribution is 2.32. The summed E-state index contributed by atoms with van der Waals surface area (Å²) < 4.78 is 5.11. The van der Waals surface area contributed by atoms with Gasteiger partial charge in [-0.15, -0.1) is 0 Å². The van der Waals surface area contributed by atoms with E-state index < -0.39 is 5.97 Å². The summed E-state index contributed by atoms with van der Waals surface area (Å²) >= 11 is 1.44. The zero-order chi connectivity index (χ0) is 14.5. The van der Waals surface area contributed by atoms with Gasteiger partial charge in [-0.1, -0.05) is 24.8 Å². The second-order valence-electron chi connectivity index (χ2n) is 4.27. The van der Waals surface area contributed by atoms with Gasteiger partial charge in [-0.05, 0) is 48.4 Å². The van der Waals surface area contributed by atoms with E-state index in [-0.39, 0.29) is 0 Å². The number of carbonyl (C=O) groups is 1. The molecule has 0 heterocycles. The van der Waals surface area contributed by atoms with Gasteiger partial charge in [0.2, 0.25) is 0 Å². The van der Waals surface area contributed by atoms with Crippen LogP contribution in [-0.2, 0) is 6.42 Å². The molecule has 0 bridgehead atoms. The van der Waals surface area contributed by atoms with Crippen LogP contribution in [0.2, 0.25) is 0 Å². The molecule has 2 aromatic carbocycles. The number of carboxylic acids is 1. The molecule has 0 atom stereocenters. The first kappa shape index (κ1) is 14.5. The second kappa shape index (κ2) is 6.48. The molecule has 2 aromatic rings. The number of methoxy groups -OCH3 is 1. The van der Waals surface area contributed by atoms with E-state index in [1.54, 1.807) is 13.2 Å². The second-order valence-corrected chi connectivity index (χ2v) is 5.38. The van der Waals surface area contributed by atoms with E-state index >= 15 is 0 Å². The van der Waals surface area contributed by atoms with Gasteiger partial charge in [-0.2, -0.15) is 0 Å². The molecular formula is C16H16O3S. The van der Waals surface area contributed by atoms with E-state index in [1.807, 2.05) is 43.3 Å². The van der Waals surface area contributed by atoms with Crippen LogP contribution < -0.4 is 4.74 Å². The fourth-order valence-electron chi connectivity index (χ4n) is 1.82. The molecule has 3 nitrogen and oxygen atoms in total. The number of hydrogen-bond acceptors (Lipinski definition) is 3. The first-order valence-corrected chi connectivity index (χ1v) is 7.13. The van der Waals surface area contributed by atoms with Crippen molar-refractivity contribution in [2.75, 3.05) is 7.11 Å². The third-order valence-electron chi connectivity index (χ3n) is 2.97. The first-order chi connectivity index (χ1) is 9.63. The normalized spacial score (nSPS) is 10.3. The predicted octanol–water partition coefficient (Wildman–Crippen LogP) is 4.11. The molecule has 0 unspecified atom stereocenters. The number of rotatable bonds is 5. The van der Waals surface area contributed by atoms with Gasteiger partial charge < -0.3 is 9.84 Å². The van der Waals surface area contributed by atoms with Crippen molar-refractivity contribution in [2.24, 2.45) is 0 Å². The van der Waals surface area contributed by atoms with Gasteiger partial charge >= 0.3 is 5.97 Å². The zero-order valence-corrected chi connectivity index (χ0v) is 12.2. The average Bonchev–Trinajstić information content (AvgIpc) is 2.48. The Kier molecular flexibility index (Phi) is 4.69. The number of carboxylic acid groups (broad SMARTS) is 1. The van der Waals surface area contributed by atoms with Crippen molar-refractivity contribution in [2.45, 2.75) is 23.1 Å². The van der Waals surface area contributed by atoms with Crippen molar-refractivity contribution in [1.29, 1.82) is 0 Å². The van der Waals surface area contributed by atoms with E-state index in [0.29, 0.717) is 5.56 Å². The SMILES string of the molecule is CCc1ccc(Sc2ccc(OC)cc2)c(C(=O)O)c1. The van der Waals surface area contributed by atoms with Crippen LogP contribution in [0.1, 0.15) is 22.8 Å². The van der Waals surface area contributed by atoms with Crippen molar-refractivity contribution in [3.8, 4) is 5.75 Å². The van der Waals surface area contributed by atoms with E-state index in [4.69, 9.17) is 4.74 Å². The van der Waals surface area contributed by atoms with E-state index in [1.165, 1.54) is 11.8 Å². The summed E-state index contributed by atoms with van der Waals surface area (Å²) in [5.41, 5.74) is 1.38. The molecule has 20 heavy (non-hydrogen) atoms. The maximum Gasteiger partial charge on any atom is 0.336 e. The lowest BCUT2D eigenvalue weighted by molar-refractivity contribution is 0.0693. The summed E-state index contributed by atoms with van der Waals surface area (Å²) in [4.78, 5) is 13.1. The number of benzene rings is 2. The van der Waals surface area contributed by atoms with E-state index in [0.717, 1.165) is 27.5 Å². The summed E-state index contributed by atoms with van der Waals surface area (Å²) in [7, 11) is 1.62. The number of hydrogen-bond donors (Lipinski definition) is 1. The minimum absolute atomic E-state index is 0.352. The smallest absolute Gasteiger partial charge is 0.336 e. The number of aryl methyl sites for hydroxylation is 1. The van der Waals surface area contributed by atoms with Crippen LogP contribution in [0, 0.1) is 0 Å². The number of ether oxygens (including phenoxy) is 1. The topological polar surface area (TPSA) is 46.5 Å². The Hall–Kier alpha value is -1.94. The summed E-state index contributed by atoms with van der Waals surface area (Å²) in [5, 5.41) is 9.31.